The van der Waals surface area contributed by atoms with E-state index < -0.39 is 16.0 Å². The van der Waals surface area contributed by atoms with E-state index in [9.17, 15) is 13.2 Å². The van der Waals surface area contributed by atoms with Crippen LogP contribution in [-0.4, -0.2) is 48.4 Å². The van der Waals surface area contributed by atoms with Crippen LogP contribution in [0.15, 0.2) is 95.9 Å². The van der Waals surface area contributed by atoms with Crippen LogP contribution in [0.2, 0.25) is 10.0 Å². The normalized spacial score (nSPS) is 16.3. The molecule has 0 spiro atoms. The summed E-state index contributed by atoms with van der Waals surface area (Å²) in [5.74, 6) is 0.778. The SMILES string of the molecule is COC(=O)c1ccccc1S(=O)(=O)N1CCC(n2c(C3CC3)nc3ccc(C(c4ccc(Cl)cc4)c4ccc(Cl)cc4)cc32)CC1. The van der Waals surface area contributed by atoms with Crippen molar-refractivity contribution in [2.24, 2.45) is 0 Å². The van der Waals surface area contributed by atoms with Crippen LogP contribution in [-0.2, 0) is 14.8 Å². The molecule has 1 saturated carbocycles. The molecule has 0 N–H and O–H groups in total. The lowest BCUT2D eigenvalue weighted by Crippen LogP contribution is -2.39. The Morgan fingerprint density at radius 1 is 0.826 bits per heavy atom. The van der Waals surface area contributed by atoms with Crippen molar-refractivity contribution in [2.75, 3.05) is 20.2 Å². The van der Waals surface area contributed by atoms with Gasteiger partial charge in [-0.3, -0.25) is 0 Å². The number of ether oxygens (including phenoxy) is 1. The molecule has 2 aliphatic rings. The number of methoxy groups -OCH3 is 1. The quantitative estimate of drug-likeness (QED) is 0.122. The minimum Gasteiger partial charge on any atom is -0.465 e. The topological polar surface area (TPSA) is 81.5 Å². The van der Waals surface area contributed by atoms with Crippen LogP contribution >= 0.6 is 23.2 Å². The summed E-state index contributed by atoms with van der Waals surface area (Å²) >= 11 is 12.5. The number of benzene rings is 4. The van der Waals surface area contributed by atoms with Gasteiger partial charge in [0.15, 0.2) is 0 Å². The zero-order valence-electron chi connectivity index (χ0n) is 25.3. The minimum absolute atomic E-state index is 0.0212. The molecule has 4 aromatic carbocycles. The Morgan fingerprint density at radius 3 is 2.00 bits per heavy atom. The summed E-state index contributed by atoms with van der Waals surface area (Å²) in [6.07, 6.45) is 3.47. The zero-order chi connectivity index (χ0) is 32.0. The zero-order valence-corrected chi connectivity index (χ0v) is 27.6. The summed E-state index contributed by atoms with van der Waals surface area (Å²) < 4.78 is 36.2. The van der Waals surface area contributed by atoms with Gasteiger partial charge in [0, 0.05) is 41.0 Å². The van der Waals surface area contributed by atoms with Crippen LogP contribution in [0.5, 0.6) is 0 Å². The molecule has 46 heavy (non-hydrogen) atoms. The molecule has 0 unspecified atom stereocenters. The average Bonchev–Trinajstić information content (AvgIpc) is 3.86. The fourth-order valence-corrected chi connectivity index (χ4v) is 8.56. The highest BCUT2D eigenvalue weighted by atomic mass is 35.5. The van der Waals surface area contributed by atoms with Crippen LogP contribution < -0.4 is 0 Å². The van der Waals surface area contributed by atoms with E-state index in [4.69, 9.17) is 32.9 Å². The molecule has 1 aliphatic carbocycles. The van der Waals surface area contributed by atoms with Crippen LogP contribution in [0.4, 0.5) is 0 Å². The first-order valence-electron chi connectivity index (χ1n) is 15.4. The van der Waals surface area contributed by atoms with E-state index in [2.05, 4.69) is 47.0 Å². The molecule has 1 saturated heterocycles. The van der Waals surface area contributed by atoms with E-state index >= 15 is 0 Å². The highest BCUT2D eigenvalue weighted by molar-refractivity contribution is 7.89. The molecule has 0 bridgehead atoms. The molecule has 0 radical (unpaired) electrons. The van der Waals surface area contributed by atoms with Crippen molar-refractivity contribution >= 4 is 50.2 Å². The smallest absolute Gasteiger partial charge is 0.339 e. The molecule has 7 rings (SSSR count). The number of carbonyl (C=O) groups is 1. The number of halogens is 2. The fraction of sp³-hybridized carbons (Fsp3) is 0.278. The Labute approximate surface area is 278 Å². The van der Waals surface area contributed by atoms with Gasteiger partial charge in [-0.25, -0.2) is 18.2 Å². The molecule has 7 nitrogen and oxygen atoms in total. The minimum atomic E-state index is -3.89. The lowest BCUT2D eigenvalue weighted by molar-refractivity contribution is 0.0596. The summed E-state index contributed by atoms with van der Waals surface area (Å²) in [5, 5.41) is 1.37. The lowest BCUT2D eigenvalue weighted by Gasteiger charge is -2.33. The second-order valence-corrected chi connectivity index (χ2v) is 14.8. The van der Waals surface area contributed by atoms with Crippen molar-refractivity contribution in [3.8, 4) is 0 Å². The Bertz CT molecular complexity index is 1970. The predicted molar refractivity (Wildman–Crippen MR) is 180 cm³/mol. The summed E-state index contributed by atoms with van der Waals surface area (Å²) in [4.78, 5) is 17.5. The molecular formula is C36H33Cl2N3O4S. The van der Waals surface area contributed by atoms with E-state index in [-0.39, 0.29) is 22.4 Å². The van der Waals surface area contributed by atoms with E-state index in [1.54, 1.807) is 12.1 Å². The molecule has 5 aromatic rings. The summed E-state index contributed by atoms with van der Waals surface area (Å²) in [5.41, 5.74) is 5.41. The Kier molecular flexibility index (Phi) is 8.40. The van der Waals surface area contributed by atoms with E-state index in [1.807, 2.05) is 24.3 Å². The van der Waals surface area contributed by atoms with Crippen molar-refractivity contribution in [2.45, 2.75) is 48.5 Å². The Morgan fingerprint density at radius 2 is 1.41 bits per heavy atom. The van der Waals surface area contributed by atoms with Gasteiger partial charge in [-0.05, 0) is 90.9 Å². The molecule has 0 amide bonds. The fourth-order valence-electron chi connectivity index (χ4n) is 6.66. The van der Waals surface area contributed by atoms with E-state index in [0.29, 0.717) is 41.9 Å². The number of hydrogen-bond donors (Lipinski definition) is 0. The summed E-state index contributed by atoms with van der Waals surface area (Å²) in [6.45, 7) is 0.675. The van der Waals surface area contributed by atoms with Crippen molar-refractivity contribution in [1.82, 2.24) is 13.9 Å². The first kappa shape index (κ1) is 30.9. The first-order valence-corrected chi connectivity index (χ1v) is 17.6. The van der Waals surface area contributed by atoms with Crippen LogP contribution in [0.25, 0.3) is 11.0 Å². The Balaban J connectivity index is 1.24. The third-order valence-electron chi connectivity index (χ3n) is 9.12. The number of fused-ring (bicyclic) bond motifs is 1. The number of hydrogen-bond acceptors (Lipinski definition) is 5. The van der Waals surface area contributed by atoms with Gasteiger partial charge in [0.25, 0.3) is 0 Å². The van der Waals surface area contributed by atoms with Crippen molar-refractivity contribution in [3.63, 3.8) is 0 Å². The van der Waals surface area contributed by atoms with Gasteiger partial charge in [-0.1, -0.05) is 65.7 Å². The van der Waals surface area contributed by atoms with E-state index in [0.717, 1.165) is 46.4 Å². The summed E-state index contributed by atoms with van der Waals surface area (Å²) in [7, 11) is -2.64. The van der Waals surface area contributed by atoms with Gasteiger partial charge in [-0.15, -0.1) is 0 Å². The molecule has 0 atom stereocenters. The first-order chi connectivity index (χ1) is 22.2. The molecular weight excluding hydrogens is 641 g/mol. The predicted octanol–water partition coefficient (Wildman–Crippen LogP) is 8.21. The molecule has 2 fully saturated rings. The number of aromatic nitrogens is 2. The second-order valence-electron chi connectivity index (χ2n) is 12.0. The monoisotopic (exact) mass is 673 g/mol. The third-order valence-corrected chi connectivity index (χ3v) is 11.6. The number of carbonyl (C=O) groups excluding carboxylic acids is 1. The van der Waals surface area contributed by atoms with Gasteiger partial charge in [-0.2, -0.15) is 4.31 Å². The van der Waals surface area contributed by atoms with Gasteiger partial charge in [0.05, 0.1) is 28.6 Å². The molecule has 1 aromatic heterocycles. The van der Waals surface area contributed by atoms with Crippen molar-refractivity contribution in [3.05, 3.63) is 129 Å². The van der Waals surface area contributed by atoms with E-state index in [1.165, 1.54) is 23.5 Å². The lowest BCUT2D eigenvalue weighted by atomic mass is 9.85. The maximum absolute atomic E-state index is 13.7. The van der Waals surface area contributed by atoms with Gasteiger partial charge >= 0.3 is 5.97 Å². The number of piperidine rings is 1. The number of imidazole rings is 1. The molecule has 1 aliphatic heterocycles. The van der Waals surface area contributed by atoms with Crippen LogP contribution in [0.3, 0.4) is 0 Å². The van der Waals surface area contributed by atoms with Gasteiger partial charge in [0.1, 0.15) is 5.82 Å². The number of esters is 1. The maximum Gasteiger partial charge on any atom is 0.339 e. The summed E-state index contributed by atoms with van der Waals surface area (Å²) in [6, 6.07) is 28.7. The van der Waals surface area contributed by atoms with Crippen molar-refractivity contribution in [1.29, 1.82) is 0 Å². The largest absolute Gasteiger partial charge is 0.465 e. The number of sulfonamides is 1. The molecule has 2 heterocycles. The molecule has 236 valence electrons. The Hall–Kier alpha value is -3.69. The highest BCUT2D eigenvalue weighted by Crippen LogP contribution is 2.44. The van der Waals surface area contributed by atoms with Crippen LogP contribution in [0.1, 0.15) is 76.4 Å². The average molecular weight is 675 g/mol. The number of nitrogens with zero attached hydrogens (tertiary/aromatic N) is 3. The number of rotatable bonds is 8. The van der Waals surface area contributed by atoms with Gasteiger partial charge in [0.2, 0.25) is 10.0 Å². The van der Waals surface area contributed by atoms with Gasteiger partial charge < -0.3 is 9.30 Å². The van der Waals surface area contributed by atoms with Crippen molar-refractivity contribution < 1.29 is 17.9 Å². The highest BCUT2D eigenvalue weighted by Gasteiger charge is 2.36. The van der Waals surface area contributed by atoms with Crippen LogP contribution in [0, 0.1) is 0 Å². The maximum atomic E-state index is 13.7. The second kappa shape index (κ2) is 12.5. The third kappa shape index (κ3) is 5.84. The molecule has 10 heteroatoms. The standard InChI is InChI=1S/C36H33Cl2N3O4S/c1-45-36(42)30-4-2-3-5-33(30)46(43,44)40-20-18-29(19-21-40)41-32-22-26(12-17-31(32)39-35(41)25-6-7-25)34(23-8-13-27(37)14-9-23)24-10-15-28(38)16-11-24/h2-5,8-17,22,25,29,34H,6-7,18-21H2,1H3.